The van der Waals surface area contributed by atoms with E-state index in [9.17, 15) is 13.2 Å². The molecule has 1 heterocycles. The Morgan fingerprint density at radius 2 is 2.10 bits per heavy atom. The zero-order valence-electron chi connectivity index (χ0n) is 12.2. The third kappa shape index (κ3) is 4.28. The summed E-state index contributed by atoms with van der Waals surface area (Å²) in [6, 6.07) is -0.0640. The van der Waals surface area contributed by atoms with E-state index in [0.29, 0.717) is 0 Å². The van der Waals surface area contributed by atoms with Gasteiger partial charge in [0, 0.05) is 12.2 Å². The Bertz CT molecular complexity index is 611. The lowest BCUT2D eigenvalue weighted by Crippen LogP contribution is -2.39. The van der Waals surface area contributed by atoms with Gasteiger partial charge in [0.1, 0.15) is 11.4 Å². The summed E-state index contributed by atoms with van der Waals surface area (Å²) in [5.74, 6) is -1.07. The molecule has 2 rings (SSSR count). The van der Waals surface area contributed by atoms with Gasteiger partial charge >= 0.3 is 5.97 Å². The molecule has 1 fully saturated rings. The molecule has 1 saturated carbocycles. The first kappa shape index (κ1) is 16.0. The van der Waals surface area contributed by atoms with E-state index in [0.717, 1.165) is 30.4 Å². The average Bonchev–Trinajstić information content (AvgIpc) is 2.80. The van der Waals surface area contributed by atoms with Gasteiger partial charge in [-0.05, 0) is 31.1 Å². The summed E-state index contributed by atoms with van der Waals surface area (Å²) in [5.41, 5.74) is 0.272. The maximum absolute atomic E-state index is 12.2. The third-order valence-electron chi connectivity index (χ3n) is 3.88. The summed E-state index contributed by atoms with van der Waals surface area (Å²) >= 11 is 0. The first-order valence-electron chi connectivity index (χ1n) is 6.95. The van der Waals surface area contributed by atoms with Crippen molar-refractivity contribution in [2.45, 2.75) is 57.0 Å². The molecule has 1 aromatic heterocycles. The molecule has 118 valence electrons. The first-order chi connectivity index (χ1) is 9.68. The van der Waals surface area contributed by atoms with E-state index in [1.54, 1.807) is 0 Å². The Balaban J connectivity index is 2.02. The van der Waals surface area contributed by atoms with Gasteiger partial charge in [0.25, 0.3) is 0 Å². The highest BCUT2D eigenvalue weighted by atomic mass is 32.2. The maximum atomic E-state index is 12.2. The molecular weight excluding hydrogens is 294 g/mol. The van der Waals surface area contributed by atoms with Gasteiger partial charge in [-0.2, -0.15) is 5.10 Å². The highest BCUT2D eigenvalue weighted by Crippen LogP contribution is 2.35. The lowest BCUT2D eigenvalue weighted by atomic mass is 9.76. The number of sulfonamides is 1. The monoisotopic (exact) mass is 315 g/mol. The number of hydrogen-bond donors (Lipinski definition) is 2. The van der Waals surface area contributed by atoms with Crippen LogP contribution >= 0.6 is 0 Å². The number of aromatic nitrogens is 2. The van der Waals surface area contributed by atoms with Crippen molar-refractivity contribution < 1.29 is 18.3 Å². The molecule has 0 aliphatic heterocycles. The number of carboxylic acid groups (broad SMARTS) is 1. The van der Waals surface area contributed by atoms with E-state index < -0.39 is 16.0 Å². The second kappa shape index (κ2) is 5.76. The van der Waals surface area contributed by atoms with Crippen LogP contribution in [0.1, 0.15) is 39.5 Å². The number of aliphatic carboxylic acids is 1. The van der Waals surface area contributed by atoms with Crippen LogP contribution in [-0.4, -0.2) is 35.3 Å². The van der Waals surface area contributed by atoms with Crippen molar-refractivity contribution in [1.82, 2.24) is 14.5 Å². The van der Waals surface area contributed by atoms with Crippen molar-refractivity contribution in [2.75, 3.05) is 0 Å². The van der Waals surface area contributed by atoms with Crippen molar-refractivity contribution >= 4 is 16.0 Å². The van der Waals surface area contributed by atoms with Gasteiger partial charge in [0.2, 0.25) is 10.0 Å². The van der Waals surface area contributed by atoms with E-state index >= 15 is 0 Å². The fourth-order valence-corrected chi connectivity index (χ4v) is 3.77. The first-order valence-corrected chi connectivity index (χ1v) is 8.43. The Labute approximate surface area is 124 Å². The number of nitrogens with one attached hydrogen (secondary N) is 1. The molecule has 0 bridgehead atoms. The van der Waals surface area contributed by atoms with Crippen molar-refractivity contribution in [3.05, 3.63) is 12.4 Å². The number of rotatable bonds is 5. The molecule has 0 spiro atoms. The van der Waals surface area contributed by atoms with Crippen LogP contribution in [-0.2, 0) is 21.4 Å². The van der Waals surface area contributed by atoms with Crippen LogP contribution in [0.5, 0.6) is 0 Å². The number of carboxylic acids is 1. The summed E-state index contributed by atoms with van der Waals surface area (Å²) in [5, 5.41) is 12.4. The van der Waals surface area contributed by atoms with E-state index in [4.69, 9.17) is 5.11 Å². The predicted molar refractivity (Wildman–Crippen MR) is 76.2 cm³/mol. The van der Waals surface area contributed by atoms with Gasteiger partial charge in [-0.15, -0.1) is 0 Å². The minimum Gasteiger partial charge on any atom is -0.480 e. The fourth-order valence-electron chi connectivity index (χ4n) is 2.51. The zero-order valence-corrected chi connectivity index (χ0v) is 13.1. The summed E-state index contributed by atoms with van der Waals surface area (Å²) in [7, 11) is -3.64. The summed E-state index contributed by atoms with van der Waals surface area (Å²) in [6.45, 7) is 4.02. The minimum absolute atomic E-state index is 0.00795. The van der Waals surface area contributed by atoms with Crippen LogP contribution in [0, 0.1) is 5.41 Å². The van der Waals surface area contributed by atoms with Crippen molar-refractivity contribution in [1.29, 1.82) is 0 Å². The molecule has 1 aromatic rings. The maximum Gasteiger partial charge on any atom is 0.325 e. The molecule has 1 aliphatic carbocycles. The van der Waals surface area contributed by atoms with Crippen molar-refractivity contribution in [3.63, 3.8) is 0 Å². The minimum atomic E-state index is -3.64. The second-order valence-corrected chi connectivity index (χ2v) is 8.04. The molecule has 0 atom stereocenters. The molecule has 0 unspecified atom stereocenters. The molecule has 8 heteroatoms. The van der Waals surface area contributed by atoms with Gasteiger partial charge in [0.05, 0.1) is 6.20 Å². The number of hydrogen-bond acceptors (Lipinski definition) is 4. The van der Waals surface area contributed by atoms with Crippen LogP contribution in [0.15, 0.2) is 17.3 Å². The van der Waals surface area contributed by atoms with Gasteiger partial charge < -0.3 is 5.11 Å². The molecule has 0 radical (unpaired) electrons. The van der Waals surface area contributed by atoms with E-state index in [2.05, 4.69) is 23.7 Å². The SMILES string of the molecule is CC1(C)CCC(NS(=O)(=O)c2cnn(CC(=O)O)c2)CC1. The lowest BCUT2D eigenvalue weighted by molar-refractivity contribution is -0.137. The molecule has 2 N–H and O–H groups in total. The summed E-state index contributed by atoms with van der Waals surface area (Å²) in [4.78, 5) is 10.6. The van der Waals surface area contributed by atoms with Crippen LogP contribution in [0.3, 0.4) is 0 Å². The van der Waals surface area contributed by atoms with Crippen LogP contribution in [0.2, 0.25) is 0 Å². The highest BCUT2D eigenvalue weighted by molar-refractivity contribution is 7.89. The predicted octanol–water partition coefficient (Wildman–Crippen LogP) is 1.21. The van der Waals surface area contributed by atoms with Gasteiger partial charge in [-0.25, -0.2) is 13.1 Å². The lowest BCUT2D eigenvalue weighted by Gasteiger charge is -2.34. The normalized spacial score (nSPS) is 19.5. The largest absolute Gasteiger partial charge is 0.480 e. The molecule has 7 nitrogen and oxygen atoms in total. The second-order valence-electron chi connectivity index (χ2n) is 6.33. The molecule has 21 heavy (non-hydrogen) atoms. The quantitative estimate of drug-likeness (QED) is 0.850. The standard InChI is InChI=1S/C13H21N3O4S/c1-13(2)5-3-10(4-6-13)15-21(19,20)11-7-14-16(8-11)9-12(17)18/h7-8,10,15H,3-6,9H2,1-2H3,(H,17,18). The number of carbonyl (C=O) groups is 1. The van der Waals surface area contributed by atoms with Crippen molar-refractivity contribution in [3.8, 4) is 0 Å². The topological polar surface area (TPSA) is 101 Å². The van der Waals surface area contributed by atoms with Crippen LogP contribution < -0.4 is 4.72 Å². The molecule has 0 amide bonds. The Morgan fingerprint density at radius 1 is 1.48 bits per heavy atom. The van der Waals surface area contributed by atoms with Gasteiger partial charge in [-0.3, -0.25) is 9.48 Å². The third-order valence-corrected chi connectivity index (χ3v) is 5.35. The van der Waals surface area contributed by atoms with Crippen molar-refractivity contribution in [2.24, 2.45) is 5.41 Å². The molecule has 0 aromatic carbocycles. The molecule has 0 saturated heterocycles. The summed E-state index contributed by atoms with van der Waals surface area (Å²) in [6.07, 6.45) is 6.02. The Hall–Kier alpha value is -1.41. The van der Waals surface area contributed by atoms with Gasteiger partial charge in [0.15, 0.2) is 0 Å². The highest BCUT2D eigenvalue weighted by Gasteiger charge is 2.30. The van der Waals surface area contributed by atoms with Crippen LogP contribution in [0.4, 0.5) is 0 Å². The van der Waals surface area contributed by atoms with E-state index in [1.165, 1.54) is 12.4 Å². The summed E-state index contributed by atoms with van der Waals surface area (Å²) < 4.78 is 28.3. The smallest absolute Gasteiger partial charge is 0.325 e. The number of nitrogens with zero attached hydrogens (tertiary/aromatic N) is 2. The van der Waals surface area contributed by atoms with E-state index in [1.807, 2.05) is 0 Å². The van der Waals surface area contributed by atoms with E-state index in [-0.39, 0.29) is 22.9 Å². The fraction of sp³-hybridized carbons (Fsp3) is 0.692. The Morgan fingerprint density at radius 3 is 2.67 bits per heavy atom. The molecule has 1 aliphatic rings. The average molecular weight is 315 g/mol. The zero-order chi connectivity index (χ0) is 15.7. The van der Waals surface area contributed by atoms with Gasteiger partial charge in [-0.1, -0.05) is 13.8 Å². The molecular formula is C13H21N3O4S. The Kier molecular flexibility index (Phi) is 4.38. The van der Waals surface area contributed by atoms with Crippen LogP contribution in [0.25, 0.3) is 0 Å².